The number of unbranched alkanes of at least 4 members (excludes halogenated alkanes) is 3. The van der Waals surface area contributed by atoms with E-state index in [0.29, 0.717) is 0 Å². The summed E-state index contributed by atoms with van der Waals surface area (Å²) < 4.78 is 7.51. The summed E-state index contributed by atoms with van der Waals surface area (Å²) in [5.74, 6) is 0.834. The SMILES string of the molecule is COc1ccc(Nc2ccc(/N=N/C=C3/N(CCCCCC[n+]4ccc(/C=N/N(C)c5ccccc5)cc4)c4ccccc4C3(C)C)cc2)cc1. The van der Waals surface area contributed by atoms with Gasteiger partial charge in [0.25, 0.3) is 0 Å². The highest BCUT2D eigenvalue weighted by molar-refractivity contribution is 5.79. The van der Waals surface area contributed by atoms with Crippen molar-refractivity contribution in [3.05, 3.63) is 151 Å². The van der Waals surface area contributed by atoms with Crippen molar-refractivity contribution >= 4 is 34.7 Å². The van der Waals surface area contributed by atoms with E-state index in [-0.39, 0.29) is 5.41 Å². The third-order valence-electron chi connectivity index (χ3n) is 9.37. The highest BCUT2D eigenvalue weighted by Gasteiger charge is 2.39. The van der Waals surface area contributed by atoms with Gasteiger partial charge in [-0.3, -0.25) is 5.01 Å². The third kappa shape index (κ3) is 9.08. The Hall–Kier alpha value is -5.76. The molecule has 0 fully saturated rings. The number of anilines is 4. The number of para-hydroxylation sites is 2. The first kappa shape index (κ1) is 35.1. The molecule has 1 aliphatic heterocycles. The number of methoxy groups -OCH3 is 1. The number of hydrogen-bond donors (Lipinski definition) is 1. The molecule has 2 heterocycles. The molecule has 0 aliphatic carbocycles. The number of pyridine rings is 1. The zero-order valence-corrected chi connectivity index (χ0v) is 30.1. The zero-order valence-electron chi connectivity index (χ0n) is 30.1. The summed E-state index contributed by atoms with van der Waals surface area (Å²) in [7, 11) is 3.63. The predicted octanol–water partition coefficient (Wildman–Crippen LogP) is 10.2. The zero-order chi connectivity index (χ0) is 35.5. The number of benzene rings is 4. The Kier molecular flexibility index (Phi) is 11.5. The second kappa shape index (κ2) is 16.8. The normalized spacial score (nSPS) is 14.4. The van der Waals surface area contributed by atoms with Crippen LogP contribution in [-0.4, -0.2) is 26.9 Å². The van der Waals surface area contributed by atoms with E-state index in [2.05, 4.69) is 105 Å². The second-order valence-corrected chi connectivity index (χ2v) is 13.3. The molecule has 1 N–H and O–H groups in total. The van der Waals surface area contributed by atoms with Crippen molar-refractivity contribution in [2.24, 2.45) is 15.3 Å². The summed E-state index contributed by atoms with van der Waals surface area (Å²) in [5, 5.41) is 19.0. The maximum Gasteiger partial charge on any atom is 0.169 e. The molecule has 0 unspecified atom stereocenters. The fraction of sp³-hybridized carbons (Fsp3) is 0.256. The number of nitrogens with one attached hydrogen (secondary N) is 1. The van der Waals surface area contributed by atoms with Crippen LogP contribution < -0.4 is 24.5 Å². The van der Waals surface area contributed by atoms with E-state index in [4.69, 9.17) is 4.74 Å². The van der Waals surface area contributed by atoms with E-state index in [9.17, 15) is 0 Å². The third-order valence-corrected chi connectivity index (χ3v) is 9.37. The first-order chi connectivity index (χ1) is 24.9. The number of allylic oxidation sites excluding steroid dienone is 1. The molecule has 8 nitrogen and oxygen atoms in total. The van der Waals surface area contributed by atoms with Crippen molar-refractivity contribution in [2.75, 3.05) is 35.9 Å². The van der Waals surface area contributed by atoms with Gasteiger partial charge in [-0.15, -0.1) is 0 Å². The molecule has 0 spiro atoms. The first-order valence-electron chi connectivity index (χ1n) is 17.7. The summed E-state index contributed by atoms with van der Waals surface area (Å²) in [6.45, 7) is 6.52. The molecule has 0 bridgehead atoms. The number of nitrogens with zero attached hydrogens (tertiary/aromatic N) is 6. The van der Waals surface area contributed by atoms with E-state index in [1.165, 1.54) is 29.8 Å². The molecule has 51 heavy (non-hydrogen) atoms. The lowest BCUT2D eigenvalue weighted by molar-refractivity contribution is -0.697. The summed E-state index contributed by atoms with van der Waals surface area (Å²) in [6.07, 6.45) is 12.7. The Morgan fingerprint density at radius 2 is 1.45 bits per heavy atom. The van der Waals surface area contributed by atoms with Crippen molar-refractivity contribution in [1.82, 2.24) is 0 Å². The number of ether oxygens (including phenoxy) is 1. The molecule has 0 saturated carbocycles. The molecule has 5 aromatic rings. The number of azo groups is 1. The molecule has 0 amide bonds. The topological polar surface area (TPSA) is 68.7 Å². The predicted molar refractivity (Wildman–Crippen MR) is 210 cm³/mol. The molecule has 6 rings (SSSR count). The minimum absolute atomic E-state index is 0.160. The van der Waals surface area contributed by atoms with Gasteiger partial charge in [0.15, 0.2) is 12.4 Å². The van der Waals surface area contributed by atoms with E-state index in [0.717, 1.165) is 60.0 Å². The lowest BCUT2D eigenvalue weighted by Crippen LogP contribution is -2.32. The van der Waals surface area contributed by atoms with E-state index >= 15 is 0 Å². The maximum absolute atomic E-state index is 5.25. The lowest BCUT2D eigenvalue weighted by atomic mass is 9.84. The van der Waals surface area contributed by atoms with Crippen molar-refractivity contribution in [2.45, 2.75) is 51.5 Å². The van der Waals surface area contributed by atoms with Gasteiger partial charge in [-0.25, -0.2) is 4.57 Å². The van der Waals surface area contributed by atoms with Crippen LogP contribution in [0.3, 0.4) is 0 Å². The van der Waals surface area contributed by atoms with Gasteiger partial charge in [-0.1, -0.05) is 56.7 Å². The number of hydrogen-bond acceptors (Lipinski definition) is 7. The van der Waals surface area contributed by atoms with Crippen LogP contribution in [0, 0.1) is 0 Å². The van der Waals surface area contributed by atoms with Crippen LogP contribution in [0.5, 0.6) is 5.75 Å². The summed E-state index contributed by atoms with van der Waals surface area (Å²) in [4.78, 5) is 2.44. The van der Waals surface area contributed by atoms with Crippen molar-refractivity contribution in [3.8, 4) is 5.75 Å². The smallest absolute Gasteiger partial charge is 0.169 e. The minimum Gasteiger partial charge on any atom is -0.497 e. The van der Waals surface area contributed by atoms with E-state index in [1.807, 2.05) is 91.2 Å². The van der Waals surface area contributed by atoms with Gasteiger partial charge in [0.2, 0.25) is 0 Å². The minimum atomic E-state index is -0.160. The largest absolute Gasteiger partial charge is 0.497 e. The van der Waals surface area contributed by atoms with Crippen molar-refractivity contribution in [3.63, 3.8) is 0 Å². The van der Waals surface area contributed by atoms with Crippen LogP contribution in [0.15, 0.2) is 155 Å². The van der Waals surface area contributed by atoms with E-state index < -0.39 is 0 Å². The second-order valence-electron chi connectivity index (χ2n) is 13.3. The van der Waals surface area contributed by atoms with Crippen molar-refractivity contribution in [1.29, 1.82) is 0 Å². The van der Waals surface area contributed by atoms with Gasteiger partial charge in [0.1, 0.15) is 12.3 Å². The van der Waals surface area contributed by atoms with Gasteiger partial charge >= 0.3 is 0 Å². The van der Waals surface area contributed by atoms with Crippen LogP contribution in [0.1, 0.15) is 50.7 Å². The Morgan fingerprint density at radius 1 is 0.784 bits per heavy atom. The number of rotatable bonds is 15. The van der Waals surface area contributed by atoms with Crippen LogP contribution >= 0.6 is 0 Å². The van der Waals surface area contributed by atoms with Crippen LogP contribution in [-0.2, 0) is 12.0 Å². The molecular formula is C43H48N7O+. The molecule has 1 aliphatic rings. The summed E-state index contributed by atoms with van der Waals surface area (Å²) in [6, 6.07) is 39.0. The molecule has 8 heteroatoms. The highest BCUT2D eigenvalue weighted by Crippen LogP contribution is 2.47. The number of aromatic nitrogens is 1. The van der Waals surface area contributed by atoms with Crippen LogP contribution in [0.2, 0.25) is 0 Å². The van der Waals surface area contributed by atoms with Gasteiger partial charge in [-0.05, 0) is 85.1 Å². The molecule has 1 aromatic heterocycles. The maximum atomic E-state index is 5.25. The molecule has 4 aromatic carbocycles. The van der Waals surface area contributed by atoms with Gasteiger partial charge in [0, 0.05) is 65.9 Å². The standard InChI is InChI=1S/C43H48N7O/c1-43(2)40-16-10-11-17-41(40)50(42(43)33-44-47-37-20-18-35(19-21-37)46-36-22-24-39(51-4)25-23-36)29-13-6-5-12-28-49-30-26-34(27-31-49)32-45-48(3)38-14-8-7-9-15-38/h7-11,14-27,30-33,46H,5-6,12-13,28-29H2,1-4H3/q+1/b42-33+,47-44+. The van der Waals surface area contributed by atoms with Crippen LogP contribution in [0.25, 0.3) is 0 Å². The van der Waals surface area contributed by atoms with Gasteiger partial charge in [0.05, 0.1) is 30.9 Å². The van der Waals surface area contributed by atoms with Crippen LogP contribution in [0.4, 0.5) is 28.4 Å². The monoisotopic (exact) mass is 678 g/mol. The fourth-order valence-corrected chi connectivity index (χ4v) is 6.40. The summed E-state index contributed by atoms with van der Waals surface area (Å²) in [5.41, 5.74) is 8.56. The van der Waals surface area contributed by atoms with Crippen molar-refractivity contribution < 1.29 is 9.30 Å². The summed E-state index contributed by atoms with van der Waals surface area (Å²) >= 11 is 0. The van der Waals surface area contributed by atoms with E-state index in [1.54, 1.807) is 7.11 Å². The quantitative estimate of drug-likeness (QED) is 0.0393. The van der Waals surface area contributed by atoms with Gasteiger partial charge in [-0.2, -0.15) is 15.3 Å². The Morgan fingerprint density at radius 3 is 2.18 bits per heavy atom. The molecule has 0 atom stereocenters. The molecule has 260 valence electrons. The first-order valence-corrected chi connectivity index (χ1v) is 17.7. The average Bonchev–Trinajstić information content (AvgIpc) is 3.38. The molecule has 0 radical (unpaired) electrons. The highest BCUT2D eigenvalue weighted by atomic mass is 16.5. The lowest BCUT2D eigenvalue weighted by Gasteiger charge is -2.26. The number of aryl methyl sites for hydroxylation is 1. The molecule has 0 saturated heterocycles. The molecular weight excluding hydrogens is 631 g/mol. The number of hydrazone groups is 1. The Labute approximate surface area is 302 Å². The van der Waals surface area contributed by atoms with Gasteiger partial charge < -0.3 is 15.0 Å². The Bertz CT molecular complexity index is 1930. The fourth-order valence-electron chi connectivity index (χ4n) is 6.40. The average molecular weight is 679 g/mol. The number of fused-ring (bicyclic) bond motifs is 1. The Balaban J connectivity index is 0.998.